The van der Waals surface area contributed by atoms with E-state index in [0.717, 1.165) is 35.4 Å². The lowest BCUT2D eigenvalue weighted by atomic mass is 9.92. The number of rotatable bonds is 7. The van der Waals surface area contributed by atoms with Gasteiger partial charge in [0.2, 0.25) is 5.82 Å². The maximum Gasteiger partial charge on any atom is 0.258 e. The van der Waals surface area contributed by atoms with E-state index < -0.39 is 0 Å². The summed E-state index contributed by atoms with van der Waals surface area (Å²) >= 11 is 5.76. The lowest BCUT2D eigenvalue weighted by molar-refractivity contribution is 0.188. The van der Waals surface area contributed by atoms with Gasteiger partial charge in [0.1, 0.15) is 0 Å². The Morgan fingerprint density at radius 2 is 1.82 bits per heavy atom. The second-order valence-corrected chi connectivity index (χ2v) is 8.90. The molecule has 6 nitrogen and oxygen atoms in total. The minimum Gasteiger partial charge on any atom is -0.385 e. The van der Waals surface area contributed by atoms with Crippen LogP contribution in [0, 0.1) is 20.8 Å². The van der Waals surface area contributed by atoms with E-state index >= 15 is 0 Å². The molecule has 0 saturated carbocycles. The molecule has 2 aromatic carbocycles. The highest BCUT2D eigenvalue weighted by atomic mass is 32.1. The molecule has 2 heterocycles. The Morgan fingerprint density at radius 1 is 1.06 bits per heavy atom. The fourth-order valence-electron chi connectivity index (χ4n) is 4.04. The summed E-state index contributed by atoms with van der Waals surface area (Å²) in [5.74, 6) is 1.07. The summed E-state index contributed by atoms with van der Waals surface area (Å²) in [4.78, 5) is 6.88. The number of nitrogens with one attached hydrogen (secondary N) is 1. The van der Waals surface area contributed by atoms with Crippen LogP contribution in [0.5, 0.6) is 0 Å². The second kappa shape index (κ2) is 9.85. The van der Waals surface area contributed by atoms with E-state index in [0.29, 0.717) is 23.4 Å². The monoisotopic (exact) mass is 462 g/mol. The number of ether oxygens (including phenoxy) is 1. The molecule has 1 aromatic heterocycles. The quantitative estimate of drug-likeness (QED) is 0.374. The molecule has 0 amide bonds. The zero-order valence-corrected chi connectivity index (χ0v) is 20.6. The molecule has 33 heavy (non-hydrogen) atoms. The number of methoxy groups -OCH3 is 1. The zero-order chi connectivity index (χ0) is 23.5. The molecule has 1 aliphatic heterocycles. The minimum atomic E-state index is -0.179. The van der Waals surface area contributed by atoms with Crippen LogP contribution < -0.4 is 5.32 Å². The van der Waals surface area contributed by atoms with Crippen LogP contribution in [0.15, 0.2) is 52.7 Å². The van der Waals surface area contributed by atoms with Crippen LogP contribution >= 0.6 is 12.2 Å². The van der Waals surface area contributed by atoms with Crippen molar-refractivity contribution in [2.75, 3.05) is 20.3 Å². The van der Waals surface area contributed by atoms with Gasteiger partial charge in [-0.2, -0.15) is 4.98 Å². The van der Waals surface area contributed by atoms with Crippen molar-refractivity contribution in [2.45, 2.75) is 40.2 Å². The van der Waals surface area contributed by atoms with E-state index in [2.05, 4.69) is 61.3 Å². The van der Waals surface area contributed by atoms with Crippen LogP contribution in [0.3, 0.4) is 0 Å². The van der Waals surface area contributed by atoms with E-state index in [1.165, 1.54) is 16.7 Å². The number of thiocarbonyl (C=S) groups is 1. The molecule has 7 heteroatoms. The molecule has 0 bridgehead atoms. The van der Waals surface area contributed by atoms with Gasteiger partial charge in [-0.25, -0.2) is 0 Å². The molecular weight excluding hydrogens is 432 g/mol. The molecule has 4 rings (SSSR count). The normalized spacial score (nSPS) is 16.3. The first-order valence-corrected chi connectivity index (χ1v) is 11.6. The summed E-state index contributed by atoms with van der Waals surface area (Å²) in [6.07, 6.45) is 0.857. The Labute approximate surface area is 200 Å². The average molecular weight is 463 g/mol. The summed E-state index contributed by atoms with van der Waals surface area (Å²) in [6.45, 7) is 9.77. The highest BCUT2D eigenvalue weighted by Crippen LogP contribution is 2.38. The maximum absolute atomic E-state index is 5.82. The fourth-order valence-corrected chi connectivity index (χ4v) is 4.39. The zero-order valence-electron chi connectivity index (χ0n) is 19.8. The summed E-state index contributed by atoms with van der Waals surface area (Å²) in [7, 11) is 1.71. The molecule has 1 aliphatic rings. The number of hydrogen-bond donors (Lipinski definition) is 1. The van der Waals surface area contributed by atoms with Crippen molar-refractivity contribution in [3.8, 4) is 11.4 Å². The van der Waals surface area contributed by atoms with E-state index in [9.17, 15) is 0 Å². The van der Waals surface area contributed by atoms with Gasteiger partial charge in [-0.3, -0.25) is 0 Å². The Hall–Kier alpha value is -3.03. The van der Waals surface area contributed by atoms with Crippen LogP contribution in [0.1, 0.15) is 47.5 Å². The van der Waals surface area contributed by atoms with Crippen molar-refractivity contribution in [1.29, 1.82) is 0 Å². The maximum atomic E-state index is 5.82. The topological polar surface area (TPSA) is 63.4 Å². The third-order valence-electron chi connectivity index (χ3n) is 6.16. The largest absolute Gasteiger partial charge is 0.385 e. The number of nitrogens with zero attached hydrogens (tertiary/aromatic N) is 3. The van der Waals surface area contributed by atoms with Crippen molar-refractivity contribution in [3.05, 3.63) is 76.3 Å². The van der Waals surface area contributed by atoms with Gasteiger partial charge in [-0.05, 0) is 63.0 Å². The Balaban J connectivity index is 1.78. The van der Waals surface area contributed by atoms with Crippen LogP contribution in [-0.4, -0.2) is 40.4 Å². The number of allylic oxidation sites excluding steroid dienone is 1. The van der Waals surface area contributed by atoms with Gasteiger partial charge >= 0.3 is 0 Å². The van der Waals surface area contributed by atoms with Crippen LogP contribution in [-0.2, 0) is 4.74 Å². The summed E-state index contributed by atoms with van der Waals surface area (Å²) in [5, 5.41) is 8.50. The molecule has 0 spiro atoms. The number of hydrogen-bond acceptors (Lipinski definition) is 5. The van der Waals surface area contributed by atoms with Crippen molar-refractivity contribution in [1.82, 2.24) is 20.4 Å². The SMILES string of the molecule is COCCCN1C(=S)NC(c2ccc(C)c(C)c2)C(c2nc(-c3ccc(C)cc3)no2)=C1C. The van der Waals surface area contributed by atoms with Crippen molar-refractivity contribution in [2.24, 2.45) is 0 Å². The van der Waals surface area contributed by atoms with Crippen LogP contribution in [0.25, 0.3) is 17.0 Å². The molecule has 0 fully saturated rings. The molecule has 3 aromatic rings. The predicted octanol–water partition coefficient (Wildman–Crippen LogP) is 5.36. The predicted molar refractivity (Wildman–Crippen MR) is 135 cm³/mol. The van der Waals surface area contributed by atoms with Gasteiger partial charge in [-0.15, -0.1) is 0 Å². The average Bonchev–Trinajstić information content (AvgIpc) is 3.27. The number of aryl methyl sites for hydroxylation is 3. The van der Waals surface area contributed by atoms with E-state index in [1.54, 1.807) is 7.11 Å². The highest BCUT2D eigenvalue weighted by molar-refractivity contribution is 7.80. The van der Waals surface area contributed by atoms with Gasteiger partial charge in [0.05, 0.1) is 11.6 Å². The molecule has 1 atom stereocenters. The van der Waals surface area contributed by atoms with E-state index in [1.807, 2.05) is 24.3 Å². The highest BCUT2D eigenvalue weighted by Gasteiger charge is 2.34. The van der Waals surface area contributed by atoms with E-state index in [4.69, 9.17) is 26.5 Å². The Bertz CT molecular complexity index is 1180. The van der Waals surface area contributed by atoms with E-state index in [-0.39, 0.29) is 6.04 Å². The molecule has 0 radical (unpaired) electrons. The first-order valence-electron chi connectivity index (χ1n) is 11.1. The van der Waals surface area contributed by atoms with Crippen molar-refractivity contribution in [3.63, 3.8) is 0 Å². The molecule has 0 saturated heterocycles. The minimum absolute atomic E-state index is 0.179. The number of benzene rings is 2. The Morgan fingerprint density at radius 3 is 2.52 bits per heavy atom. The van der Waals surface area contributed by atoms with Gasteiger partial charge in [0, 0.05) is 31.5 Å². The Kier molecular flexibility index (Phi) is 6.91. The summed E-state index contributed by atoms with van der Waals surface area (Å²) in [5.41, 5.74) is 7.65. The fraction of sp³-hybridized carbons (Fsp3) is 0.346. The van der Waals surface area contributed by atoms with Gasteiger partial charge in [0.25, 0.3) is 5.89 Å². The van der Waals surface area contributed by atoms with Crippen LogP contribution in [0.4, 0.5) is 0 Å². The first-order chi connectivity index (χ1) is 15.9. The first kappa shape index (κ1) is 23.1. The van der Waals surface area contributed by atoms with Crippen LogP contribution in [0.2, 0.25) is 0 Å². The third-order valence-corrected chi connectivity index (χ3v) is 6.50. The summed E-state index contributed by atoms with van der Waals surface area (Å²) in [6, 6.07) is 14.4. The smallest absolute Gasteiger partial charge is 0.258 e. The lowest BCUT2D eigenvalue weighted by Crippen LogP contribution is -2.46. The standard InChI is InChI=1S/C26H30N4O2S/c1-16-7-10-20(11-8-16)24-28-25(32-29-24)22-19(4)30(13-6-14-31-5)26(33)27-23(22)21-12-9-17(2)18(3)15-21/h7-12,15,23H,6,13-14H2,1-5H3,(H,27,33). The van der Waals surface area contributed by atoms with Gasteiger partial charge in [-0.1, -0.05) is 53.2 Å². The van der Waals surface area contributed by atoms with Gasteiger partial charge < -0.3 is 19.5 Å². The second-order valence-electron chi connectivity index (χ2n) is 8.51. The van der Waals surface area contributed by atoms with Crippen molar-refractivity contribution < 1.29 is 9.26 Å². The summed E-state index contributed by atoms with van der Waals surface area (Å²) < 4.78 is 11.1. The molecule has 172 valence electrons. The molecule has 1 N–H and O–H groups in total. The lowest BCUT2D eigenvalue weighted by Gasteiger charge is -2.37. The molecule has 0 aliphatic carbocycles. The van der Waals surface area contributed by atoms with Crippen molar-refractivity contribution >= 4 is 22.9 Å². The molecule has 1 unspecified atom stereocenters. The number of aromatic nitrogens is 2. The molecular formula is C26H30N4O2S. The third kappa shape index (κ3) is 4.84. The van der Waals surface area contributed by atoms with Gasteiger partial charge in [0.15, 0.2) is 5.11 Å².